The molecule has 0 aromatic carbocycles. The molecule has 1 atom stereocenters. The maximum atomic E-state index is 11.9. The van der Waals surface area contributed by atoms with Gasteiger partial charge in [-0.1, -0.05) is 19.8 Å². The predicted molar refractivity (Wildman–Crippen MR) is 78.2 cm³/mol. The number of likely N-dealkylation sites (N-methyl/N-ethyl adjacent to an activating group) is 1. The molecule has 1 fully saturated rings. The minimum atomic E-state index is -0.532. The molecular weight excluding hydrogens is 240 g/mol. The molecular formula is C15H30N2O2. The number of carbonyl (C=O) groups excluding carboxylic acids is 1. The fraction of sp³-hybridized carbons (Fsp3) is 0.933. The number of carbonyl (C=O) groups is 1. The van der Waals surface area contributed by atoms with E-state index in [1.807, 2.05) is 13.8 Å². The summed E-state index contributed by atoms with van der Waals surface area (Å²) in [4.78, 5) is 14.4. The van der Waals surface area contributed by atoms with Crippen LogP contribution in [0, 0.1) is 0 Å². The number of hydrogen-bond acceptors (Lipinski definition) is 4. The Morgan fingerprint density at radius 1 is 1.26 bits per heavy atom. The van der Waals surface area contributed by atoms with E-state index in [0.717, 1.165) is 25.9 Å². The summed E-state index contributed by atoms with van der Waals surface area (Å²) in [5.41, 5.74) is -0.532. The van der Waals surface area contributed by atoms with Gasteiger partial charge in [-0.3, -0.25) is 4.79 Å². The second-order valence-corrected chi connectivity index (χ2v) is 5.71. The summed E-state index contributed by atoms with van der Waals surface area (Å²) >= 11 is 0. The highest BCUT2D eigenvalue weighted by Crippen LogP contribution is 2.16. The minimum absolute atomic E-state index is 0.148. The number of nitrogens with one attached hydrogen (secondary N) is 1. The summed E-state index contributed by atoms with van der Waals surface area (Å²) in [6.07, 6.45) is 7.26. The van der Waals surface area contributed by atoms with E-state index in [4.69, 9.17) is 4.74 Å². The number of rotatable bonds is 7. The van der Waals surface area contributed by atoms with Crippen molar-refractivity contribution in [2.45, 2.75) is 57.9 Å². The Hall–Kier alpha value is -0.610. The average Bonchev–Trinajstić information content (AvgIpc) is 2.67. The smallest absolute Gasteiger partial charge is 0.325 e. The van der Waals surface area contributed by atoms with Gasteiger partial charge in [-0.25, -0.2) is 0 Å². The van der Waals surface area contributed by atoms with Crippen molar-refractivity contribution < 1.29 is 9.53 Å². The van der Waals surface area contributed by atoms with Gasteiger partial charge in [0.05, 0.1) is 7.11 Å². The molecule has 1 aliphatic heterocycles. The largest absolute Gasteiger partial charge is 0.468 e. The third-order valence-electron chi connectivity index (χ3n) is 4.05. The average molecular weight is 270 g/mol. The molecule has 0 aliphatic carbocycles. The van der Waals surface area contributed by atoms with Gasteiger partial charge in [0.25, 0.3) is 0 Å². The highest BCUT2D eigenvalue weighted by molar-refractivity contribution is 5.80. The van der Waals surface area contributed by atoms with E-state index in [1.54, 1.807) is 0 Å². The Balaban J connectivity index is 2.36. The molecule has 1 aliphatic rings. The topological polar surface area (TPSA) is 41.6 Å². The van der Waals surface area contributed by atoms with E-state index in [-0.39, 0.29) is 5.97 Å². The van der Waals surface area contributed by atoms with Crippen LogP contribution in [0.2, 0.25) is 0 Å². The van der Waals surface area contributed by atoms with E-state index in [9.17, 15) is 4.79 Å². The maximum Gasteiger partial charge on any atom is 0.325 e. The highest BCUT2D eigenvalue weighted by Gasteiger charge is 2.32. The van der Waals surface area contributed by atoms with Crippen LogP contribution in [0.5, 0.6) is 0 Å². The highest BCUT2D eigenvalue weighted by atomic mass is 16.5. The molecule has 0 amide bonds. The Bertz CT molecular complexity index is 263. The molecule has 0 aromatic heterocycles. The SMILES string of the molecule is CCNC(C)(CCCN1CCCCCC1)C(=O)OC. The first-order valence-corrected chi connectivity index (χ1v) is 7.68. The van der Waals surface area contributed by atoms with Crippen LogP contribution in [0.1, 0.15) is 52.4 Å². The van der Waals surface area contributed by atoms with Crippen LogP contribution in [-0.2, 0) is 9.53 Å². The van der Waals surface area contributed by atoms with E-state index < -0.39 is 5.54 Å². The van der Waals surface area contributed by atoms with Gasteiger partial charge in [0, 0.05) is 0 Å². The summed E-state index contributed by atoms with van der Waals surface area (Å²) in [6, 6.07) is 0. The number of methoxy groups -OCH3 is 1. The molecule has 0 bridgehead atoms. The molecule has 1 rings (SSSR count). The van der Waals surface area contributed by atoms with Crippen molar-refractivity contribution >= 4 is 5.97 Å². The summed E-state index contributed by atoms with van der Waals surface area (Å²) in [7, 11) is 1.47. The van der Waals surface area contributed by atoms with Gasteiger partial charge in [0.2, 0.25) is 0 Å². The third-order valence-corrected chi connectivity index (χ3v) is 4.05. The van der Waals surface area contributed by atoms with Gasteiger partial charge in [-0.05, 0) is 58.8 Å². The molecule has 112 valence electrons. The molecule has 1 N–H and O–H groups in total. The van der Waals surface area contributed by atoms with Gasteiger partial charge in [0.1, 0.15) is 5.54 Å². The Morgan fingerprint density at radius 2 is 1.89 bits per heavy atom. The molecule has 0 aromatic rings. The normalized spacial score (nSPS) is 20.6. The molecule has 0 radical (unpaired) electrons. The van der Waals surface area contributed by atoms with Crippen molar-refractivity contribution in [3.8, 4) is 0 Å². The fourth-order valence-corrected chi connectivity index (χ4v) is 2.89. The molecule has 0 spiro atoms. The first-order chi connectivity index (χ1) is 9.12. The maximum absolute atomic E-state index is 11.9. The lowest BCUT2D eigenvalue weighted by Crippen LogP contribution is -2.50. The van der Waals surface area contributed by atoms with Crippen LogP contribution < -0.4 is 5.32 Å². The first kappa shape index (κ1) is 16.4. The van der Waals surface area contributed by atoms with Crippen LogP contribution >= 0.6 is 0 Å². The van der Waals surface area contributed by atoms with Crippen LogP contribution in [0.3, 0.4) is 0 Å². The molecule has 19 heavy (non-hydrogen) atoms. The van der Waals surface area contributed by atoms with Crippen molar-refractivity contribution in [1.82, 2.24) is 10.2 Å². The monoisotopic (exact) mass is 270 g/mol. The molecule has 0 saturated carbocycles. The van der Waals surface area contributed by atoms with Gasteiger partial charge in [-0.15, -0.1) is 0 Å². The summed E-state index contributed by atoms with van der Waals surface area (Å²) in [5, 5.41) is 3.27. The molecule has 4 heteroatoms. The number of nitrogens with zero attached hydrogens (tertiary/aromatic N) is 1. The van der Waals surface area contributed by atoms with Gasteiger partial charge in [-0.2, -0.15) is 0 Å². The second-order valence-electron chi connectivity index (χ2n) is 5.71. The van der Waals surface area contributed by atoms with E-state index >= 15 is 0 Å². The molecule has 1 saturated heterocycles. The molecule has 1 unspecified atom stereocenters. The lowest BCUT2D eigenvalue weighted by molar-refractivity contribution is -0.148. The van der Waals surface area contributed by atoms with Crippen molar-refractivity contribution in [3.63, 3.8) is 0 Å². The zero-order valence-electron chi connectivity index (χ0n) is 12.8. The Morgan fingerprint density at radius 3 is 2.42 bits per heavy atom. The quantitative estimate of drug-likeness (QED) is 0.720. The van der Waals surface area contributed by atoms with Crippen molar-refractivity contribution in [1.29, 1.82) is 0 Å². The number of ether oxygens (including phenoxy) is 1. The Kier molecular flexibility index (Phi) is 7.39. The van der Waals surface area contributed by atoms with Crippen LogP contribution in [0.25, 0.3) is 0 Å². The molecule has 1 heterocycles. The lowest BCUT2D eigenvalue weighted by atomic mass is 9.95. The molecule has 4 nitrogen and oxygen atoms in total. The van der Waals surface area contributed by atoms with Gasteiger partial charge < -0.3 is 15.0 Å². The number of likely N-dealkylation sites (tertiary alicyclic amines) is 1. The van der Waals surface area contributed by atoms with Crippen LogP contribution in [-0.4, -0.2) is 49.7 Å². The van der Waals surface area contributed by atoms with Crippen molar-refractivity contribution in [2.75, 3.05) is 33.3 Å². The summed E-state index contributed by atoms with van der Waals surface area (Å²) in [5.74, 6) is -0.148. The van der Waals surface area contributed by atoms with Crippen LogP contribution in [0.4, 0.5) is 0 Å². The van der Waals surface area contributed by atoms with Gasteiger partial charge in [0.15, 0.2) is 0 Å². The van der Waals surface area contributed by atoms with Gasteiger partial charge >= 0.3 is 5.97 Å². The van der Waals surface area contributed by atoms with E-state index in [0.29, 0.717) is 0 Å². The standard InChI is InChI=1S/C15H30N2O2/c1-4-16-15(2,14(18)19-3)10-9-13-17-11-7-5-6-8-12-17/h16H,4-13H2,1-3H3. The zero-order chi connectivity index (χ0) is 14.1. The summed E-state index contributed by atoms with van der Waals surface area (Å²) < 4.78 is 4.92. The van der Waals surface area contributed by atoms with Crippen molar-refractivity contribution in [3.05, 3.63) is 0 Å². The van der Waals surface area contributed by atoms with E-state index in [1.165, 1.54) is 45.9 Å². The second kappa shape index (κ2) is 8.54. The number of esters is 1. The van der Waals surface area contributed by atoms with E-state index in [2.05, 4.69) is 10.2 Å². The summed E-state index contributed by atoms with van der Waals surface area (Å²) in [6.45, 7) is 8.29. The van der Waals surface area contributed by atoms with Crippen molar-refractivity contribution in [2.24, 2.45) is 0 Å². The minimum Gasteiger partial charge on any atom is -0.468 e. The fourth-order valence-electron chi connectivity index (χ4n) is 2.89. The third kappa shape index (κ3) is 5.49. The number of hydrogen-bond donors (Lipinski definition) is 1. The van der Waals surface area contributed by atoms with Crippen LogP contribution in [0.15, 0.2) is 0 Å². The lowest BCUT2D eigenvalue weighted by Gasteiger charge is -2.29. The zero-order valence-corrected chi connectivity index (χ0v) is 12.8. The first-order valence-electron chi connectivity index (χ1n) is 7.68. The predicted octanol–water partition coefficient (Wildman–Crippen LogP) is 2.18. The Labute approximate surface area is 117 Å².